The van der Waals surface area contributed by atoms with Crippen LogP contribution in [0.1, 0.15) is 21.5 Å². The van der Waals surface area contributed by atoms with Crippen molar-refractivity contribution in [3.05, 3.63) is 89.5 Å². The van der Waals surface area contributed by atoms with E-state index < -0.39 is 0 Å². The molecule has 0 fully saturated rings. The van der Waals surface area contributed by atoms with E-state index in [0.29, 0.717) is 5.56 Å². The molecule has 0 amide bonds. The highest BCUT2D eigenvalue weighted by molar-refractivity contribution is 5.90. The summed E-state index contributed by atoms with van der Waals surface area (Å²) >= 11 is 0. The smallest absolute Gasteiger partial charge is 0.338 e. The van der Waals surface area contributed by atoms with E-state index in [9.17, 15) is 9.90 Å². The Morgan fingerprint density at radius 1 is 0.875 bits per heavy atom. The van der Waals surface area contributed by atoms with Gasteiger partial charge >= 0.3 is 5.97 Å². The fourth-order valence-corrected chi connectivity index (χ4v) is 2.45. The van der Waals surface area contributed by atoms with E-state index in [1.165, 1.54) is 0 Å². The zero-order chi connectivity index (χ0) is 16.9. The monoisotopic (exact) mass is 318 g/mol. The van der Waals surface area contributed by atoms with Crippen molar-refractivity contribution in [3.63, 3.8) is 0 Å². The van der Waals surface area contributed by atoms with E-state index in [4.69, 9.17) is 4.74 Å². The van der Waals surface area contributed by atoms with Crippen LogP contribution in [-0.4, -0.2) is 11.1 Å². The molecule has 0 spiro atoms. The second-order valence-corrected chi connectivity index (χ2v) is 5.63. The van der Waals surface area contributed by atoms with Crippen LogP contribution in [0.15, 0.2) is 72.8 Å². The maximum absolute atomic E-state index is 12.2. The molecule has 0 saturated heterocycles. The van der Waals surface area contributed by atoms with Gasteiger partial charge in [0.05, 0.1) is 5.56 Å². The van der Waals surface area contributed by atoms with Crippen molar-refractivity contribution >= 4 is 5.97 Å². The average molecular weight is 318 g/mol. The van der Waals surface area contributed by atoms with E-state index in [2.05, 4.69) is 0 Å². The fraction of sp³-hybridized carbons (Fsp3) is 0.0952. The number of phenols is 1. The number of aromatic hydroxyl groups is 1. The normalized spacial score (nSPS) is 10.4. The number of esters is 1. The molecule has 3 rings (SSSR count). The molecule has 0 bridgehead atoms. The predicted molar refractivity (Wildman–Crippen MR) is 93.8 cm³/mol. The predicted octanol–water partition coefficient (Wildman–Crippen LogP) is 4.72. The molecule has 0 aliphatic carbocycles. The van der Waals surface area contributed by atoms with Crippen LogP contribution in [0.3, 0.4) is 0 Å². The molecule has 3 aromatic carbocycles. The van der Waals surface area contributed by atoms with Crippen LogP contribution in [-0.2, 0) is 11.3 Å². The first-order valence-corrected chi connectivity index (χ1v) is 7.74. The number of rotatable bonds is 4. The lowest BCUT2D eigenvalue weighted by Crippen LogP contribution is -2.05. The van der Waals surface area contributed by atoms with E-state index >= 15 is 0 Å². The maximum Gasteiger partial charge on any atom is 0.338 e. The molecule has 120 valence electrons. The Bertz CT molecular complexity index is 834. The summed E-state index contributed by atoms with van der Waals surface area (Å²) in [5, 5.41) is 9.33. The van der Waals surface area contributed by atoms with Crippen LogP contribution in [0.4, 0.5) is 0 Å². The first kappa shape index (κ1) is 15.8. The summed E-state index contributed by atoms with van der Waals surface area (Å²) in [5.74, 6) is -0.106. The zero-order valence-electron chi connectivity index (χ0n) is 13.4. The van der Waals surface area contributed by atoms with Crippen LogP contribution >= 0.6 is 0 Å². The van der Waals surface area contributed by atoms with Crippen molar-refractivity contribution in [2.75, 3.05) is 0 Å². The van der Waals surface area contributed by atoms with E-state index in [-0.39, 0.29) is 18.3 Å². The molecule has 0 unspecified atom stereocenters. The van der Waals surface area contributed by atoms with Crippen LogP contribution in [0.2, 0.25) is 0 Å². The maximum atomic E-state index is 12.2. The Balaban J connectivity index is 1.68. The standard InChI is InChI=1S/C21H18O3/c1-15-4-2-3-5-19(15)14-24-21(23)18-8-6-16(7-9-18)17-10-12-20(22)13-11-17/h2-13,22H,14H2,1H3. The number of ether oxygens (including phenoxy) is 1. The van der Waals surface area contributed by atoms with Crippen LogP contribution < -0.4 is 0 Å². The Kier molecular flexibility index (Phi) is 4.62. The number of hydrogen-bond acceptors (Lipinski definition) is 3. The van der Waals surface area contributed by atoms with Crippen molar-refractivity contribution in [2.45, 2.75) is 13.5 Å². The van der Waals surface area contributed by atoms with Crippen LogP contribution in [0.5, 0.6) is 5.75 Å². The molecule has 0 radical (unpaired) electrons. The lowest BCUT2D eigenvalue weighted by molar-refractivity contribution is 0.0472. The SMILES string of the molecule is Cc1ccccc1COC(=O)c1ccc(-c2ccc(O)cc2)cc1. The fourth-order valence-electron chi connectivity index (χ4n) is 2.45. The Morgan fingerprint density at radius 3 is 2.08 bits per heavy atom. The number of aryl methyl sites for hydroxylation is 1. The minimum atomic E-state index is -0.337. The van der Waals surface area contributed by atoms with Crippen molar-refractivity contribution in [1.29, 1.82) is 0 Å². The van der Waals surface area contributed by atoms with Gasteiger partial charge in [0.2, 0.25) is 0 Å². The Morgan fingerprint density at radius 2 is 1.46 bits per heavy atom. The largest absolute Gasteiger partial charge is 0.508 e. The zero-order valence-corrected chi connectivity index (χ0v) is 13.4. The quantitative estimate of drug-likeness (QED) is 0.708. The molecule has 0 atom stereocenters. The van der Waals surface area contributed by atoms with Crippen molar-refractivity contribution < 1.29 is 14.6 Å². The van der Waals surface area contributed by atoms with Gasteiger partial charge in [-0.1, -0.05) is 48.5 Å². The highest BCUT2D eigenvalue weighted by Crippen LogP contribution is 2.22. The first-order valence-electron chi connectivity index (χ1n) is 7.74. The Hall–Kier alpha value is -3.07. The van der Waals surface area contributed by atoms with Gasteiger partial charge in [0, 0.05) is 0 Å². The van der Waals surface area contributed by atoms with Crippen molar-refractivity contribution in [1.82, 2.24) is 0 Å². The van der Waals surface area contributed by atoms with E-state index in [1.54, 1.807) is 24.3 Å². The lowest BCUT2D eigenvalue weighted by Gasteiger charge is -2.08. The summed E-state index contributed by atoms with van der Waals surface area (Å²) in [4.78, 5) is 12.2. The molecule has 1 N–H and O–H groups in total. The van der Waals surface area contributed by atoms with Gasteiger partial charge in [-0.15, -0.1) is 0 Å². The third-order valence-electron chi connectivity index (χ3n) is 3.94. The summed E-state index contributed by atoms with van der Waals surface area (Å²) in [5.41, 5.74) is 4.59. The molecule has 0 aliphatic rings. The second-order valence-electron chi connectivity index (χ2n) is 5.63. The third kappa shape index (κ3) is 3.63. The molecule has 3 nitrogen and oxygen atoms in total. The summed E-state index contributed by atoms with van der Waals surface area (Å²) in [6.07, 6.45) is 0. The third-order valence-corrected chi connectivity index (χ3v) is 3.94. The summed E-state index contributed by atoms with van der Waals surface area (Å²) in [7, 11) is 0. The molecule has 24 heavy (non-hydrogen) atoms. The molecule has 0 heterocycles. The second kappa shape index (κ2) is 7.01. The number of carbonyl (C=O) groups is 1. The van der Waals surface area contributed by atoms with E-state index in [1.807, 2.05) is 55.5 Å². The van der Waals surface area contributed by atoms with Crippen molar-refractivity contribution in [2.24, 2.45) is 0 Å². The molecule has 0 saturated carbocycles. The van der Waals surface area contributed by atoms with Gasteiger partial charge in [-0.2, -0.15) is 0 Å². The van der Waals surface area contributed by atoms with Gasteiger partial charge in [-0.3, -0.25) is 0 Å². The highest BCUT2D eigenvalue weighted by atomic mass is 16.5. The number of carbonyl (C=O) groups excluding carboxylic acids is 1. The van der Waals surface area contributed by atoms with Crippen LogP contribution in [0, 0.1) is 6.92 Å². The van der Waals surface area contributed by atoms with Gasteiger partial charge in [0.25, 0.3) is 0 Å². The van der Waals surface area contributed by atoms with Gasteiger partial charge < -0.3 is 9.84 Å². The number of hydrogen-bond donors (Lipinski definition) is 1. The Labute approximate surface area is 141 Å². The lowest BCUT2D eigenvalue weighted by atomic mass is 10.0. The van der Waals surface area contributed by atoms with Gasteiger partial charge in [0.1, 0.15) is 12.4 Å². The average Bonchev–Trinajstić information content (AvgIpc) is 2.62. The highest BCUT2D eigenvalue weighted by Gasteiger charge is 2.08. The number of benzene rings is 3. The van der Waals surface area contributed by atoms with Gasteiger partial charge in [-0.05, 0) is 53.4 Å². The number of phenolic OH excluding ortho intramolecular Hbond substituents is 1. The summed E-state index contributed by atoms with van der Waals surface area (Å²) in [6, 6.07) is 22.0. The summed E-state index contributed by atoms with van der Waals surface area (Å²) in [6.45, 7) is 2.26. The molecule has 3 aromatic rings. The molecular weight excluding hydrogens is 300 g/mol. The van der Waals surface area contributed by atoms with Crippen molar-refractivity contribution in [3.8, 4) is 16.9 Å². The van der Waals surface area contributed by atoms with Gasteiger partial charge in [0.15, 0.2) is 0 Å². The molecular formula is C21H18O3. The molecule has 0 aromatic heterocycles. The molecule has 3 heteroatoms. The topological polar surface area (TPSA) is 46.5 Å². The minimum Gasteiger partial charge on any atom is -0.508 e. The first-order chi connectivity index (χ1) is 11.6. The van der Waals surface area contributed by atoms with Crippen LogP contribution in [0.25, 0.3) is 11.1 Å². The molecule has 0 aliphatic heterocycles. The summed E-state index contributed by atoms with van der Waals surface area (Å²) < 4.78 is 5.38. The van der Waals surface area contributed by atoms with E-state index in [0.717, 1.165) is 22.3 Å². The minimum absolute atomic E-state index is 0.232. The van der Waals surface area contributed by atoms with Gasteiger partial charge in [-0.25, -0.2) is 4.79 Å².